The van der Waals surface area contributed by atoms with Crippen LogP contribution in [0.3, 0.4) is 0 Å². The standard InChI is InChI=1S/C10H18N2OS/c1-7(5-11-4)6-12-8(2)9(3)14-10(12)13/h7,11H,5-6H2,1-4H3. The quantitative estimate of drug-likeness (QED) is 0.821. The summed E-state index contributed by atoms with van der Waals surface area (Å²) in [6.07, 6.45) is 0. The summed E-state index contributed by atoms with van der Waals surface area (Å²) in [6, 6.07) is 0. The Bertz CT molecular complexity index is 353. The SMILES string of the molecule is CNCC(C)Cn1c(C)c(C)sc1=O. The highest BCUT2D eigenvalue weighted by Gasteiger charge is 2.10. The number of nitrogens with one attached hydrogen (secondary N) is 1. The van der Waals surface area contributed by atoms with Crippen LogP contribution in [0.4, 0.5) is 0 Å². The van der Waals surface area contributed by atoms with E-state index in [0.29, 0.717) is 5.92 Å². The zero-order valence-corrected chi connectivity index (χ0v) is 10.1. The molecule has 0 radical (unpaired) electrons. The van der Waals surface area contributed by atoms with E-state index in [9.17, 15) is 4.79 Å². The fourth-order valence-corrected chi connectivity index (χ4v) is 2.36. The number of thiazole rings is 1. The van der Waals surface area contributed by atoms with E-state index in [1.54, 1.807) is 0 Å². The molecule has 80 valence electrons. The first-order valence-corrected chi connectivity index (χ1v) is 5.69. The van der Waals surface area contributed by atoms with Crippen LogP contribution in [-0.2, 0) is 6.54 Å². The summed E-state index contributed by atoms with van der Waals surface area (Å²) >= 11 is 1.34. The average Bonchev–Trinajstić information content (AvgIpc) is 2.33. The molecule has 0 fully saturated rings. The summed E-state index contributed by atoms with van der Waals surface area (Å²) in [5, 5.41) is 3.12. The lowest BCUT2D eigenvalue weighted by Gasteiger charge is -2.12. The molecule has 14 heavy (non-hydrogen) atoms. The molecule has 3 nitrogen and oxygen atoms in total. The number of hydrogen-bond acceptors (Lipinski definition) is 3. The lowest BCUT2D eigenvalue weighted by Crippen LogP contribution is -2.25. The van der Waals surface area contributed by atoms with Gasteiger partial charge in [-0.2, -0.15) is 0 Å². The monoisotopic (exact) mass is 214 g/mol. The second-order valence-electron chi connectivity index (χ2n) is 3.78. The number of aromatic nitrogens is 1. The summed E-state index contributed by atoms with van der Waals surface area (Å²) in [5.74, 6) is 0.491. The molecule has 1 rings (SSSR count). The summed E-state index contributed by atoms with van der Waals surface area (Å²) in [6.45, 7) is 7.92. The van der Waals surface area contributed by atoms with Gasteiger partial charge in [0, 0.05) is 17.1 Å². The minimum absolute atomic E-state index is 0.169. The fourth-order valence-electron chi connectivity index (χ4n) is 1.52. The Labute approximate surface area is 88.8 Å². The Hall–Kier alpha value is -0.610. The average molecular weight is 214 g/mol. The van der Waals surface area contributed by atoms with E-state index in [4.69, 9.17) is 0 Å². The molecule has 0 spiro atoms. The van der Waals surface area contributed by atoms with Gasteiger partial charge in [-0.25, -0.2) is 0 Å². The van der Waals surface area contributed by atoms with Crippen molar-refractivity contribution in [1.29, 1.82) is 0 Å². The molecule has 1 aromatic heterocycles. The third-order valence-corrected chi connectivity index (χ3v) is 3.42. The van der Waals surface area contributed by atoms with Crippen LogP contribution in [0.25, 0.3) is 0 Å². The van der Waals surface area contributed by atoms with Gasteiger partial charge in [-0.05, 0) is 33.4 Å². The molecule has 1 aromatic rings. The first-order chi connectivity index (χ1) is 6.56. The highest BCUT2D eigenvalue weighted by atomic mass is 32.1. The molecule has 1 unspecified atom stereocenters. The van der Waals surface area contributed by atoms with Gasteiger partial charge in [0.05, 0.1) is 0 Å². The molecule has 1 heterocycles. The topological polar surface area (TPSA) is 34.0 Å². The maximum absolute atomic E-state index is 11.6. The lowest BCUT2D eigenvalue weighted by molar-refractivity contribution is 0.453. The second-order valence-corrected chi connectivity index (χ2v) is 4.95. The lowest BCUT2D eigenvalue weighted by atomic mass is 10.2. The Balaban J connectivity index is 2.81. The number of nitrogens with zero attached hydrogens (tertiary/aromatic N) is 1. The predicted octanol–water partition coefficient (Wildman–Crippen LogP) is 1.38. The molecule has 0 bridgehead atoms. The minimum Gasteiger partial charge on any atom is -0.319 e. The molecule has 0 aromatic carbocycles. The third-order valence-electron chi connectivity index (χ3n) is 2.42. The van der Waals surface area contributed by atoms with Gasteiger partial charge < -0.3 is 9.88 Å². The summed E-state index contributed by atoms with van der Waals surface area (Å²) in [7, 11) is 1.94. The van der Waals surface area contributed by atoms with Crippen molar-refractivity contribution < 1.29 is 0 Å². The van der Waals surface area contributed by atoms with Crippen LogP contribution in [0.5, 0.6) is 0 Å². The zero-order valence-electron chi connectivity index (χ0n) is 9.26. The molecule has 0 saturated carbocycles. The van der Waals surface area contributed by atoms with Crippen molar-refractivity contribution in [2.45, 2.75) is 27.3 Å². The van der Waals surface area contributed by atoms with E-state index in [1.165, 1.54) is 11.3 Å². The highest BCUT2D eigenvalue weighted by molar-refractivity contribution is 7.09. The number of aryl methyl sites for hydroxylation is 1. The van der Waals surface area contributed by atoms with Crippen LogP contribution >= 0.6 is 11.3 Å². The van der Waals surface area contributed by atoms with Crippen LogP contribution in [0.1, 0.15) is 17.5 Å². The normalized spacial score (nSPS) is 13.1. The fraction of sp³-hybridized carbons (Fsp3) is 0.700. The highest BCUT2D eigenvalue weighted by Crippen LogP contribution is 2.11. The smallest absolute Gasteiger partial charge is 0.307 e. The van der Waals surface area contributed by atoms with E-state index in [2.05, 4.69) is 12.2 Å². The first-order valence-electron chi connectivity index (χ1n) is 4.87. The van der Waals surface area contributed by atoms with Crippen molar-refractivity contribution in [2.24, 2.45) is 5.92 Å². The van der Waals surface area contributed by atoms with Gasteiger partial charge in [0.15, 0.2) is 0 Å². The zero-order chi connectivity index (χ0) is 10.7. The Kier molecular flexibility index (Phi) is 3.89. The van der Waals surface area contributed by atoms with E-state index in [0.717, 1.165) is 23.7 Å². The number of rotatable bonds is 4. The van der Waals surface area contributed by atoms with Crippen molar-refractivity contribution in [3.05, 3.63) is 20.2 Å². The van der Waals surface area contributed by atoms with Crippen molar-refractivity contribution in [3.8, 4) is 0 Å². The van der Waals surface area contributed by atoms with Gasteiger partial charge in [-0.15, -0.1) is 0 Å². The molecular weight excluding hydrogens is 196 g/mol. The molecule has 0 saturated heterocycles. The molecule has 0 amide bonds. The van der Waals surface area contributed by atoms with E-state index < -0.39 is 0 Å². The second kappa shape index (κ2) is 4.75. The molecule has 4 heteroatoms. The van der Waals surface area contributed by atoms with E-state index in [-0.39, 0.29) is 4.87 Å². The molecule has 0 aliphatic heterocycles. The molecule has 1 N–H and O–H groups in total. The van der Waals surface area contributed by atoms with Gasteiger partial charge in [0.2, 0.25) is 0 Å². The molecule has 1 atom stereocenters. The van der Waals surface area contributed by atoms with Crippen LogP contribution < -0.4 is 10.2 Å². The van der Waals surface area contributed by atoms with Gasteiger partial charge in [-0.3, -0.25) is 4.79 Å². The van der Waals surface area contributed by atoms with Crippen molar-refractivity contribution in [1.82, 2.24) is 9.88 Å². The number of hydrogen-bond donors (Lipinski definition) is 1. The van der Waals surface area contributed by atoms with Gasteiger partial charge >= 0.3 is 4.87 Å². The summed E-state index contributed by atoms with van der Waals surface area (Å²) in [5.41, 5.74) is 1.11. The van der Waals surface area contributed by atoms with Crippen LogP contribution in [0.15, 0.2) is 4.79 Å². The van der Waals surface area contributed by atoms with Gasteiger partial charge in [0.25, 0.3) is 0 Å². The molecular formula is C10H18N2OS. The minimum atomic E-state index is 0.169. The first kappa shape index (κ1) is 11.5. The van der Waals surface area contributed by atoms with Crippen molar-refractivity contribution >= 4 is 11.3 Å². The van der Waals surface area contributed by atoms with Crippen LogP contribution in [-0.4, -0.2) is 18.2 Å². The summed E-state index contributed by atoms with van der Waals surface area (Å²) < 4.78 is 1.88. The van der Waals surface area contributed by atoms with E-state index >= 15 is 0 Å². The van der Waals surface area contributed by atoms with Crippen LogP contribution in [0.2, 0.25) is 0 Å². The Morgan fingerprint density at radius 3 is 2.57 bits per heavy atom. The van der Waals surface area contributed by atoms with Gasteiger partial charge in [0.1, 0.15) is 0 Å². The maximum atomic E-state index is 11.6. The molecule has 0 aliphatic carbocycles. The third kappa shape index (κ3) is 2.45. The van der Waals surface area contributed by atoms with Crippen molar-refractivity contribution in [3.63, 3.8) is 0 Å². The largest absolute Gasteiger partial charge is 0.319 e. The van der Waals surface area contributed by atoms with Crippen molar-refractivity contribution in [2.75, 3.05) is 13.6 Å². The predicted molar refractivity (Wildman–Crippen MR) is 61.1 cm³/mol. The Morgan fingerprint density at radius 2 is 2.14 bits per heavy atom. The van der Waals surface area contributed by atoms with E-state index in [1.807, 2.05) is 25.5 Å². The molecule has 0 aliphatic rings. The summed E-state index contributed by atoms with van der Waals surface area (Å²) in [4.78, 5) is 12.9. The van der Waals surface area contributed by atoms with Gasteiger partial charge in [-0.1, -0.05) is 18.3 Å². The Morgan fingerprint density at radius 1 is 1.50 bits per heavy atom. The van der Waals surface area contributed by atoms with Crippen LogP contribution in [0, 0.1) is 19.8 Å². The maximum Gasteiger partial charge on any atom is 0.307 e.